The van der Waals surface area contributed by atoms with Crippen molar-refractivity contribution < 1.29 is 23.1 Å². The summed E-state index contributed by atoms with van der Waals surface area (Å²) in [5.74, 6) is -0.0470. The predicted octanol–water partition coefficient (Wildman–Crippen LogP) is 1.80. The molecule has 192 valence electrons. The average molecular weight is 504 g/mol. The van der Waals surface area contributed by atoms with E-state index >= 15 is 0 Å². The molecular formula is C23H27F2N7O4. The van der Waals surface area contributed by atoms with Gasteiger partial charge in [-0.05, 0) is 31.4 Å². The van der Waals surface area contributed by atoms with Crippen LogP contribution >= 0.6 is 0 Å². The smallest absolute Gasteiger partial charge is 0.276 e. The maximum absolute atomic E-state index is 13.7. The highest BCUT2D eigenvalue weighted by atomic mass is 19.3. The Labute approximate surface area is 205 Å². The van der Waals surface area contributed by atoms with Crippen molar-refractivity contribution in [2.24, 2.45) is 5.92 Å². The van der Waals surface area contributed by atoms with Crippen LogP contribution in [0.25, 0.3) is 0 Å². The van der Waals surface area contributed by atoms with E-state index in [-0.39, 0.29) is 53.0 Å². The van der Waals surface area contributed by atoms with Gasteiger partial charge < -0.3 is 20.7 Å². The lowest BCUT2D eigenvalue weighted by Gasteiger charge is -2.40. The van der Waals surface area contributed by atoms with E-state index < -0.39 is 17.6 Å². The van der Waals surface area contributed by atoms with Gasteiger partial charge in [0.1, 0.15) is 23.4 Å². The molecule has 2 aliphatic heterocycles. The Morgan fingerprint density at radius 3 is 2.58 bits per heavy atom. The maximum atomic E-state index is 13.7. The summed E-state index contributed by atoms with van der Waals surface area (Å²) in [7, 11) is 1.40. The van der Waals surface area contributed by atoms with E-state index in [1.165, 1.54) is 18.0 Å². The van der Waals surface area contributed by atoms with Gasteiger partial charge >= 0.3 is 0 Å². The van der Waals surface area contributed by atoms with Crippen molar-refractivity contribution in [1.29, 1.82) is 0 Å². The number of hydrogen-bond acceptors (Lipinski definition) is 8. The number of methoxy groups -OCH3 is 1. The second kappa shape index (κ2) is 9.12. The minimum absolute atomic E-state index is 0.0431. The lowest BCUT2D eigenvalue weighted by Crippen LogP contribution is -2.55. The molecule has 2 fully saturated rings. The van der Waals surface area contributed by atoms with Crippen LogP contribution in [-0.2, 0) is 10.5 Å². The average Bonchev–Trinajstić information content (AvgIpc) is 3.64. The van der Waals surface area contributed by atoms with Crippen LogP contribution in [0.5, 0.6) is 5.75 Å². The summed E-state index contributed by atoms with van der Waals surface area (Å²) in [5, 5.41) is 8.65. The fourth-order valence-corrected chi connectivity index (χ4v) is 4.94. The summed E-state index contributed by atoms with van der Waals surface area (Å²) in [6.45, 7) is 2.01. The second-order valence-corrected chi connectivity index (χ2v) is 9.40. The Kier molecular flexibility index (Phi) is 6.10. The first-order valence-corrected chi connectivity index (χ1v) is 11.8. The largest absolute Gasteiger partial charge is 0.490 e. The molecule has 2 aromatic rings. The van der Waals surface area contributed by atoms with Crippen molar-refractivity contribution >= 4 is 29.1 Å². The number of carbonyl (C=O) groups is 2. The van der Waals surface area contributed by atoms with E-state index in [2.05, 4.69) is 25.9 Å². The fraction of sp³-hybridized carbons (Fsp3) is 0.522. The Hall–Kier alpha value is -3.61. The molecule has 11 nitrogen and oxygen atoms in total. The lowest BCUT2D eigenvalue weighted by atomic mass is 9.96. The topological polar surface area (TPSA) is 130 Å². The SMILES string of the molecule is COc1c(NC(=O)C2CC2)ncnc1Nc1cc(C)c2n(c1=O)C1(CCN(CC(F)F)CC1)NC2=O. The molecular weight excluding hydrogens is 476 g/mol. The van der Waals surface area contributed by atoms with Crippen LogP contribution in [0, 0.1) is 12.8 Å². The van der Waals surface area contributed by atoms with Gasteiger partial charge in [0.05, 0.1) is 13.7 Å². The summed E-state index contributed by atoms with van der Waals surface area (Å²) in [6.07, 6.45) is 1.07. The molecule has 0 atom stereocenters. The summed E-state index contributed by atoms with van der Waals surface area (Å²) >= 11 is 0. The number of hydrogen-bond donors (Lipinski definition) is 3. The molecule has 4 heterocycles. The number of aromatic nitrogens is 3. The Bertz CT molecular complexity index is 1270. The number of alkyl halides is 2. The number of nitrogens with one attached hydrogen (secondary N) is 3. The Morgan fingerprint density at radius 1 is 1.25 bits per heavy atom. The van der Waals surface area contributed by atoms with Gasteiger partial charge in [-0.1, -0.05) is 0 Å². The maximum Gasteiger partial charge on any atom is 0.276 e. The Morgan fingerprint density at radius 2 is 1.94 bits per heavy atom. The van der Waals surface area contributed by atoms with E-state index in [1.807, 2.05) is 0 Å². The van der Waals surface area contributed by atoms with Gasteiger partial charge in [0.25, 0.3) is 17.9 Å². The summed E-state index contributed by atoms with van der Waals surface area (Å²) < 4.78 is 32.6. The number of anilines is 3. The minimum atomic E-state index is -2.45. The van der Waals surface area contributed by atoms with Crippen LogP contribution in [0.3, 0.4) is 0 Å². The van der Waals surface area contributed by atoms with Gasteiger partial charge in [-0.2, -0.15) is 0 Å². The van der Waals surface area contributed by atoms with Crippen molar-refractivity contribution in [1.82, 2.24) is 24.8 Å². The zero-order valence-corrected chi connectivity index (χ0v) is 19.9. The fourth-order valence-electron chi connectivity index (χ4n) is 4.94. The van der Waals surface area contributed by atoms with Crippen molar-refractivity contribution in [2.45, 2.75) is 44.7 Å². The molecule has 2 amide bonds. The van der Waals surface area contributed by atoms with Gasteiger partial charge in [0, 0.05) is 31.8 Å². The number of halogens is 2. The first-order chi connectivity index (χ1) is 17.2. The van der Waals surface area contributed by atoms with Crippen LogP contribution in [0.15, 0.2) is 17.2 Å². The highest BCUT2D eigenvalue weighted by molar-refractivity contribution is 5.97. The van der Waals surface area contributed by atoms with Gasteiger partial charge in [-0.15, -0.1) is 0 Å². The number of likely N-dealkylation sites (tertiary alicyclic amines) is 1. The lowest BCUT2D eigenvalue weighted by molar-refractivity contribution is -0.117. The molecule has 5 rings (SSSR count). The number of ether oxygens (including phenoxy) is 1. The molecule has 0 bridgehead atoms. The van der Waals surface area contributed by atoms with Gasteiger partial charge in [-0.3, -0.25) is 23.9 Å². The molecule has 2 aromatic heterocycles. The second-order valence-electron chi connectivity index (χ2n) is 9.40. The van der Waals surface area contributed by atoms with Crippen LogP contribution in [-0.4, -0.2) is 64.4 Å². The molecule has 1 saturated carbocycles. The summed E-state index contributed by atoms with van der Waals surface area (Å²) in [6, 6.07) is 1.56. The zero-order chi connectivity index (χ0) is 25.6. The van der Waals surface area contributed by atoms with Gasteiger partial charge in [0.15, 0.2) is 11.6 Å². The monoisotopic (exact) mass is 503 g/mol. The van der Waals surface area contributed by atoms with Crippen LogP contribution in [0.4, 0.5) is 26.1 Å². The third kappa shape index (κ3) is 4.27. The van der Waals surface area contributed by atoms with E-state index in [0.717, 1.165) is 12.8 Å². The van der Waals surface area contributed by atoms with Crippen molar-refractivity contribution in [3.63, 3.8) is 0 Å². The van der Waals surface area contributed by atoms with Crippen molar-refractivity contribution in [2.75, 3.05) is 37.4 Å². The van der Waals surface area contributed by atoms with E-state index in [1.54, 1.807) is 17.9 Å². The molecule has 1 saturated heterocycles. The van der Waals surface area contributed by atoms with E-state index in [0.29, 0.717) is 31.5 Å². The van der Waals surface area contributed by atoms with E-state index in [9.17, 15) is 23.2 Å². The third-order valence-electron chi connectivity index (χ3n) is 6.91. The van der Waals surface area contributed by atoms with Crippen molar-refractivity contribution in [3.8, 4) is 5.75 Å². The first-order valence-electron chi connectivity index (χ1n) is 11.8. The number of aryl methyl sites for hydroxylation is 1. The molecule has 3 N–H and O–H groups in total. The first kappa shape index (κ1) is 24.1. The molecule has 36 heavy (non-hydrogen) atoms. The quantitative estimate of drug-likeness (QED) is 0.522. The summed E-state index contributed by atoms with van der Waals surface area (Å²) in [4.78, 5) is 48.7. The predicted molar refractivity (Wildman–Crippen MR) is 126 cm³/mol. The third-order valence-corrected chi connectivity index (χ3v) is 6.91. The minimum Gasteiger partial charge on any atom is -0.490 e. The summed E-state index contributed by atoms with van der Waals surface area (Å²) in [5.41, 5.74) is -0.486. The zero-order valence-electron chi connectivity index (χ0n) is 19.9. The number of nitrogens with zero attached hydrogens (tertiary/aromatic N) is 4. The van der Waals surface area contributed by atoms with Crippen molar-refractivity contribution in [3.05, 3.63) is 34.0 Å². The van der Waals surface area contributed by atoms with Gasteiger partial charge in [-0.25, -0.2) is 18.7 Å². The number of rotatable bonds is 7. The van der Waals surface area contributed by atoms with Crippen LogP contribution in [0.1, 0.15) is 41.7 Å². The number of amides is 2. The van der Waals surface area contributed by atoms with Gasteiger partial charge in [0.2, 0.25) is 11.7 Å². The normalized spacial score (nSPS) is 18.8. The van der Waals surface area contributed by atoms with Crippen LogP contribution in [0.2, 0.25) is 0 Å². The molecule has 13 heteroatoms. The van der Waals surface area contributed by atoms with Crippen LogP contribution < -0.4 is 26.2 Å². The molecule has 0 aromatic carbocycles. The number of pyridine rings is 1. The molecule has 1 aliphatic carbocycles. The number of carbonyl (C=O) groups excluding carboxylic acids is 2. The molecule has 0 radical (unpaired) electrons. The molecule has 3 aliphatic rings. The molecule has 0 unspecified atom stereocenters. The molecule has 1 spiro atoms. The standard InChI is InChI=1S/C23H27F2N7O4/c1-12-9-14(28-18-17(36-2)19(27-11-26-18)29-20(33)13-3-4-13)22(35)32-16(12)21(34)30-23(32)5-7-31(8-6-23)10-15(24)25/h9,11,13,15H,3-8,10H2,1-2H3,(H,30,34)(H2,26,27,28,29,33). The highest BCUT2D eigenvalue weighted by Gasteiger charge is 2.46. The number of fused-ring (bicyclic) bond motifs is 2. The highest BCUT2D eigenvalue weighted by Crippen LogP contribution is 2.37. The Balaban J connectivity index is 1.48. The number of piperidine rings is 1. The van der Waals surface area contributed by atoms with E-state index in [4.69, 9.17) is 4.74 Å².